The van der Waals surface area contributed by atoms with Crippen LogP contribution in [0.5, 0.6) is 0 Å². The summed E-state index contributed by atoms with van der Waals surface area (Å²) in [5.74, 6) is 0.173. The van der Waals surface area contributed by atoms with Crippen molar-refractivity contribution in [2.24, 2.45) is 0 Å². The van der Waals surface area contributed by atoms with Gasteiger partial charge in [0.05, 0.1) is 19.5 Å². The highest BCUT2D eigenvalue weighted by Crippen LogP contribution is 2.34. The minimum atomic E-state index is -1.30. The van der Waals surface area contributed by atoms with Gasteiger partial charge in [-0.1, -0.05) is 0 Å². The maximum atomic E-state index is 11.6. The molecule has 1 unspecified atom stereocenters. The van der Waals surface area contributed by atoms with Crippen molar-refractivity contribution in [3.05, 3.63) is 12.0 Å². The monoisotopic (exact) mass is 300 g/mol. The lowest BCUT2D eigenvalue weighted by Crippen LogP contribution is -2.33. The average Bonchev–Trinajstić information content (AvgIpc) is 2.95. The molecule has 2 aliphatic rings. The van der Waals surface area contributed by atoms with E-state index in [0.29, 0.717) is 0 Å². The lowest BCUT2D eigenvalue weighted by Gasteiger charge is -2.19. The molecule has 5 atom stereocenters. The van der Waals surface area contributed by atoms with Crippen LogP contribution in [0.15, 0.2) is 6.33 Å². The summed E-state index contributed by atoms with van der Waals surface area (Å²) in [6.07, 6.45) is -4.24. The number of hydrogen-bond acceptors (Lipinski definition) is 7. The van der Waals surface area contributed by atoms with Crippen molar-refractivity contribution in [2.45, 2.75) is 30.6 Å². The number of rotatable bonds is 2. The highest BCUT2D eigenvalue weighted by molar-refractivity contribution is 5.89. The second kappa shape index (κ2) is 5.24. The van der Waals surface area contributed by atoms with E-state index in [2.05, 4.69) is 15.6 Å². The number of carbonyl (C=O) groups is 1. The van der Waals surface area contributed by atoms with Crippen molar-refractivity contribution in [1.82, 2.24) is 14.9 Å². The predicted molar refractivity (Wildman–Crippen MR) is 67.2 cm³/mol. The molecule has 0 bridgehead atoms. The van der Waals surface area contributed by atoms with Gasteiger partial charge in [0.2, 0.25) is 0 Å². The minimum Gasteiger partial charge on any atom is -0.394 e. The molecule has 116 valence electrons. The van der Waals surface area contributed by atoms with Gasteiger partial charge in [0.15, 0.2) is 6.23 Å². The summed E-state index contributed by atoms with van der Waals surface area (Å²) in [6, 6.07) is -0.527. The number of fused-ring (bicyclic) bond motifs is 1. The van der Waals surface area contributed by atoms with E-state index in [-0.39, 0.29) is 18.1 Å². The third kappa shape index (κ3) is 2.26. The largest absolute Gasteiger partial charge is 0.394 e. The molecule has 0 radical (unpaired) electrons. The second-order valence-corrected chi connectivity index (χ2v) is 4.97. The van der Waals surface area contributed by atoms with Crippen LogP contribution in [0.25, 0.3) is 0 Å². The first kappa shape index (κ1) is 14.2. The first-order chi connectivity index (χ1) is 10.0. The molecule has 3 rings (SSSR count). The maximum absolute atomic E-state index is 11.6. The van der Waals surface area contributed by atoms with E-state index in [1.807, 2.05) is 0 Å². The first-order valence-corrected chi connectivity index (χ1v) is 6.45. The molecule has 0 aromatic carbocycles. The Morgan fingerprint density at radius 2 is 2.14 bits per heavy atom. The van der Waals surface area contributed by atoms with Gasteiger partial charge in [0, 0.05) is 0 Å². The summed E-state index contributed by atoms with van der Waals surface area (Å²) in [5, 5.41) is 43.7. The average molecular weight is 300 g/mol. The van der Waals surface area contributed by atoms with Crippen LogP contribution in [0.1, 0.15) is 18.0 Å². The van der Waals surface area contributed by atoms with Crippen molar-refractivity contribution in [1.29, 1.82) is 0 Å². The zero-order valence-corrected chi connectivity index (χ0v) is 10.9. The number of amides is 2. The zero-order valence-electron chi connectivity index (χ0n) is 10.9. The topological polar surface area (TPSA) is 149 Å². The van der Waals surface area contributed by atoms with E-state index in [1.165, 1.54) is 10.9 Å². The van der Waals surface area contributed by atoms with E-state index >= 15 is 0 Å². The number of aliphatic hydroxyl groups excluding tert-OH is 4. The number of β-amino-alcohol motifs (C(OH)–C–C–N with tert-alkyl or cyclic N) is 1. The van der Waals surface area contributed by atoms with Gasteiger partial charge in [0.25, 0.3) is 0 Å². The smallest absolute Gasteiger partial charge is 0.320 e. The van der Waals surface area contributed by atoms with Gasteiger partial charge in [-0.05, 0) is 0 Å². The summed E-state index contributed by atoms with van der Waals surface area (Å²) in [7, 11) is 0. The van der Waals surface area contributed by atoms with Gasteiger partial charge in [-0.3, -0.25) is 9.88 Å². The molecule has 6 N–H and O–H groups in total. The molecule has 21 heavy (non-hydrogen) atoms. The molecule has 1 saturated heterocycles. The number of anilines is 1. The summed E-state index contributed by atoms with van der Waals surface area (Å²) in [4.78, 5) is 15.6. The van der Waals surface area contributed by atoms with Crippen LogP contribution in [-0.2, 0) is 4.74 Å². The maximum Gasteiger partial charge on any atom is 0.320 e. The van der Waals surface area contributed by atoms with Crippen LogP contribution < -0.4 is 10.6 Å². The van der Waals surface area contributed by atoms with Crippen LogP contribution in [0.2, 0.25) is 0 Å². The molecule has 1 aromatic rings. The van der Waals surface area contributed by atoms with Gasteiger partial charge >= 0.3 is 6.03 Å². The molecular weight excluding hydrogens is 284 g/mol. The highest BCUT2D eigenvalue weighted by Gasteiger charge is 2.44. The van der Waals surface area contributed by atoms with E-state index in [0.717, 1.165) is 0 Å². The number of carbonyl (C=O) groups excluding carboxylic acids is 1. The van der Waals surface area contributed by atoms with Crippen LogP contribution in [0.3, 0.4) is 0 Å². The lowest BCUT2D eigenvalue weighted by atomic mass is 10.1. The second-order valence-electron chi connectivity index (χ2n) is 4.97. The number of aliphatic hydroxyl groups is 4. The van der Waals surface area contributed by atoms with Gasteiger partial charge < -0.3 is 30.5 Å². The lowest BCUT2D eigenvalue weighted by molar-refractivity contribution is -0.0518. The third-order valence-corrected chi connectivity index (χ3v) is 3.62. The Bertz CT molecular complexity index is 549. The Balaban J connectivity index is 1.96. The fourth-order valence-electron chi connectivity index (χ4n) is 2.49. The molecule has 10 heteroatoms. The van der Waals surface area contributed by atoms with Crippen molar-refractivity contribution in [2.75, 3.05) is 18.5 Å². The normalized spacial score (nSPS) is 35.8. The quantitative estimate of drug-likeness (QED) is 0.358. The van der Waals surface area contributed by atoms with E-state index in [4.69, 9.17) is 9.84 Å². The number of hydrogen-bond donors (Lipinski definition) is 6. The Morgan fingerprint density at radius 3 is 2.81 bits per heavy atom. The molecule has 3 heterocycles. The van der Waals surface area contributed by atoms with Crippen LogP contribution >= 0.6 is 0 Å². The molecular formula is C11H16N4O6. The van der Waals surface area contributed by atoms with Crippen LogP contribution in [0.4, 0.5) is 10.6 Å². The third-order valence-electron chi connectivity index (χ3n) is 3.62. The Morgan fingerprint density at radius 1 is 1.38 bits per heavy atom. The molecule has 0 aliphatic carbocycles. The van der Waals surface area contributed by atoms with E-state index in [9.17, 15) is 20.1 Å². The number of aromatic nitrogens is 2. The van der Waals surface area contributed by atoms with Crippen molar-refractivity contribution in [3.63, 3.8) is 0 Å². The number of urea groups is 1. The molecule has 10 nitrogen and oxygen atoms in total. The van der Waals surface area contributed by atoms with Crippen LogP contribution in [0, 0.1) is 0 Å². The Hall–Kier alpha value is -1.72. The van der Waals surface area contributed by atoms with Gasteiger partial charge in [-0.2, -0.15) is 0 Å². The summed E-state index contributed by atoms with van der Waals surface area (Å²) in [6.45, 7) is -0.450. The Labute approximate surface area is 119 Å². The molecule has 1 aromatic heterocycles. The SMILES string of the molecule is O=C1NCC(O)c2ncn([C@@H]3O[C@H](CO)[C@@H](O)[C@H]3O)c2N1. The van der Waals surface area contributed by atoms with Crippen molar-refractivity contribution >= 4 is 11.8 Å². The number of imidazole rings is 1. The number of nitrogens with zero attached hydrogens (tertiary/aromatic N) is 2. The predicted octanol–water partition coefficient (Wildman–Crippen LogP) is -2.34. The number of ether oxygens (including phenoxy) is 1. The zero-order chi connectivity index (χ0) is 15.1. The molecule has 0 spiro atoms. The summed E-state index contributed by atoms with van der Waals surface area (Å²) < 4.78 is 6.69. The molecule has 2 aliphatic heterocycles. The minimum absolute atomic E-state index is 0.00577. The molecule has 2 amide bonds. The van der Waals surface area contributed by atoms with Gasteiger partial charge in [0.1, 0.15) is 35.9 Å². The van der Waals surface area contributed by atoms with Crippen molar-refractivity contribution in [3.8, 4) is 0 Å². The fourth-order valence-corrected chi connectivity index (χ4v) is 2.49. The van der Waals surface area contributed by atoms with E-state index < -0.39 is 43.3 Å². The van der Waals surface area contributed by atoms with Gasteiger partial charge in [-0.15, -0.1) is 0 Å². The van der Waals surface area contributed by atoms with E-state index in [1.54, 1.807) is 0 Å². The highest BCUT2D eigenvalue weighted by atomic mass is 16.6. The van der Waals surface area contributed by atoms with Gasteiger partial charge in [-0.25, -0.2) is 9.78 Å². The number of nitrogens with one attached hydrogen (secondary N) is 2. The van der Waals surface area contributed by atoms with Crippen molar-refractivity contribution < 1.29 is 30.0 Å². The Kier molecular flexibility index (Phi) is 3.55. The summed E-state index contributed by atoms with van der Waals surface area (Å²) in [5.41, 5.74) is 0.228. The summed E-state index contributed by atoms with van der Waals surface area (Å²) >= 11 is 0. The standard InChI is InChI=1S/C11H16N4O6/c16-2-5-7(18)8(19)10(21-5)15-3-13-6-4(17)1-12-11(20)14-9(6)15/h3-5,7-8,10,16-19H,1-2H2,(H2,12,14,20)/t4?,5-,7-,8-,10-/m1/s1. The molecule has 0 saturated carbocycles. The fraction of sp³-hybridized carbons (Fsp3) is 0.636. The first-order valence-electron chi connectivity index (χ1n) is 6.45. The molecule has 1 fully saturated rings. The van der Waals surface area contributed by atoms with Crippen LogP contribution in [-0.4, -0.2) is 67.5 Å².